The summed E-state index contributed by atoms with van der Waals surface area (Å²) in [4.78, 5) is 4.24. The van der Waals surface area contributed by atoms with Gasteiger partial charge in [-0.3, -0.25) is 5.10 Å². The molecule has 68 valence electrons. The fourth-order valence-corrected chi connectivity index (χ4v) is 1.49. The highest BCUT2D eigenvalue weighted by Crippen LogP contribution is 2.15. The molecule has 2 rings (SSSR count). The third-order valence-corrected chi connectivity index (χ3v) is 2.13. The van der Waals surface area contributed by atoms with Crippen LogP contribution in [0.2, 0.25) is 0 Å². The molecule has 0 aliphatic heterocycles. The number of nitrogens with zero attached hydrogens (tertiary/aromatic N) is 2. The maximum atomic E-state index is 4.24. The summed E-state index contributed by atoms with van der Waals surface area (Å²) in [5.74, 6) is 0. The number of pyridine rings is 1. The van der Waals surface area contributed by atoms with Gasteiger partial charge in [-0.2, -0.15) is 5.10 Å². The molecule has 0 amide bonds. The Hall–Kier alpha value is -1.38. The van der Waals surface area contributed by atoms with Crippen molar-refractivity contribution in [3.05, 3.63) is 23.5 Å². The average molecular weight is 175 g/mol. The Kier molecular flexibility index (Phi) is 2.00. The zero-order valence-corrected chi connectivity index (χ0v) is 7.96. The number of aryl methyl sites for hydroxylation is 2. The van der Waals surface area contributed by atoms with Gasteiger partial charge in [0.25, 0.3) is 0 Å². The Balaban J connectivity index is 2.58. The number of hydrogen-bond acceptors (Lipinski definition) is 2. The zero-order valence-electron chi connectivity index (χ0n) is 7.96. The molecule has 2 aromatic rings. The van der Waals surface area contributed by atoms with E-state index in [4.69, 9.17) is 0 Å². The standard InChI is InChI=1S/C10H13N3/c1-3-4-9-8-5-7(2)6-11-10(8)13-12-9/h5-6H,3-4H2,1-2H3,(H,11,12,13). The summed E-state index contributed by atoms with van der Waals surface area (Å²) < 4.78 is 0. The molecule has 0 saturated heterocycles. The Morgan fingerprint density at radius 2 is 2.31 bits per heavy atom. The molecule has 0 atom stereocenters. The largest absolute Gasteiger partial charge is 0.280 e. The number of H-pyrrole nitrogens is 1. The topological polar surface area (TPSA) is 41.6 Å². The maximum Gasteiger partial charge on any atom is 0.181 e. The minimum absolute atomic E-state index is 0.828. The molecule has 0 aliphatic rings. The molecule has 0 radical (unpaired) electrons. The number of nitrogens with one attached hydrogen (secondary N) is 1. The number of hydrogen-bond donors (Lipinski definition) is 1. The first-order valence-electron chi connectivity index (χ1n) is 4.61. The van der Waals surface area contributed by atoms with Gasteiger partial charge in [-0.15, -0.1) is 0 Å². The van der Waals surface area contributed by atoms with E-state index in [-0.39, 0.29) is 0 Å². The smallest absolute Gasteiger partial charge is 0.181 e. The van der Waals surface area contributed by atoms with E-state index in [0.29, 0.717) is 0 Å². The minimum Gasteiger partial charge on any atom is -0.280 e. The normalized spacial score (nSPS) is 10.9. The number of aromatic nitrogens is 3. The van der Waals surface area contributed by atoms with Crippen molar-refractivity contribution in [1.82, 2.24) is 15.2 Å². The molecule has 2 aromatic heterocycles. The molecule has 0 bridgehead atoms. The molecule has 3 nitrogen and oxygen atoms in total. The first kappa shape index (κ1) is 8.23. The van der Waals surface area contributed by atoms with E-state index in [0.717, 1.165) is 18.5 Å². The molecule has 0 fully saturated rings. The molecule has 13 heavy (non-hydrogen) atoms. The van der Waals surface area contributed by atoms with Crippen LogP contribution in [0.5, 0.6) is 0 Å². The third kappa shape index (κ3) is 1.41. The monoisotopic (exact) mass is 175 g/mol. The Morgan fingerprint density at radius 3 is 3.08 bits per heavy atom. The summed E-state index contributed by atoms with van der Waals surface area (Å²) in [5.41, 5.74) is 3.22. The SMILES string of the molecule is CCCc1[nH]nc2ncc(C)cc12. The number of aromatic amines is 1. The third-order valence-electron chi connectivity index (χ3n) is 2.13. The Labute approximate surface area is 77.2 Å². The van der Waals surface area contributed by atoms with Crippen LogP contribution >= 0.6 is 0 Å². The van der Waals surface area contributed by atoms with Crippen LogP contribution in [0, 0.1) is 6.92 Å². The van der Waals surface area contributed by atoms with Crippen molar-refractivity contribution in [2.45, 2.75) is 26.7 Å². The fourth-order valence-electron chi connectivity index (χ4n) is 1.49. The summed E-state index contributed by atoms with van der Waals surface area (Å²) in [7, 11) is 0. The highest BCUT2D eigenvalue weighted by atomic mass is 15.1. The van der Waals surface area contributed by atoms with E-state index in [1.165, 1.54) is 16.6 Å². The summed E-state index contributed by atoms with van der Waals surface area (Å²) in [5, 5.41) is 8.34. The second-order valence-corrected chi connectivity index (χ2v) is 3.34. The van der Waals surface area contributed by atoms with Crippen LogP contribution in [0.15, 0.2) is 12.3 Å². The molecule has 0 aliphatic carbocycles. The molecule has 0 saturated carbocycles. The quantitative estimate of drug-likeness (QED) is 0.760. The van der Waals surface area contributed by atoms with Gasteiger partial charge in [0.05, 0.1) is 0 Å². The van der Waals surface area contributed by atoms with Gasteiger partial charge in [-0.25, -0.2) is 4.98 Å². The van der Waals surface area contributed by atoms with E-state index in [1.54, 1.807) is 0 Å². The summed E-state index contributed by atoms with van der Waals surface area (Å²) in [6, 6.07) is 2.14. The maximum absolute atomic E-state index is 4.24. The van der Waals surface area contributed by atoms with Crippen LogP contribution in [0.3, 0.4) is 0 Å². The molecule has 0 unspecified atom stereocenters. The average Bonchev–Trinajstić information content (AvgIpc) is 2.49. The first-order valence-corrected chi connectivity index (χ1v) is 4.61. The minimum atomic E-state index is 0.828. The van der Waals surface area contributed by atoms with Crippen LogP contribution in [0.1, 0.15) is 24.6 Å². The molecule has 0 spiro atoms. The van der Waals surface area contributed by atoms with Gasteiger partial charge in [0.2, 0.25) is 0 Å². The Morgan fingerprint density at radius 1 is 1.46 bits per heavy atom. The number of rotatable bonds is 2. The van der Waals surface area contributed by atoms with Crippen molar-refractivity contribution in [2.75, 3.05) is 0 Å². The Bertz CT molecular complexity index is 417. The van der Waals surface area contributed by atoms with Gasteiger partial charge >= 0.3 is 0 Å². The molecular weight excluding hydrogens is 162 g/mol. The lowest BCUT2D eigenvalue weighted by atomic mass is 10.1. The van der Waals surface area contributed by atoms with Crippen LogP contribution in [0.25, 0.3) is 11.0 Å². The van der Waals surface area contributed by atoms with Crippen molar-refractivity contribution in [2.24, 2.45) is 0 Å². The highest BCUT2D eigenvalue weighted by Gasteiger charge is 2.04. The van der Waals surface area contributed by atoms with Gasteiger partial charge in [-0.1, -0.05) is 13.3 Å². The number of fused-ring (bicyclic) bond motifs is 1. The fraction of sp³-hybridized carbons (Fsp3) is 0.400. The predicted molar refractivity (Wildman–Crippen MR) is 52.6 cm³/mol. The lowest BCUT2D eigenvalue weighted by Crippen LogP contribution is -1.84. The van der Waals surface area contributed by atoms with E-state index in [1.807, 2.05) is 6.20 Å². The van der Waals surface area contributed by atoms with E-state index >= 15 is 0 Å². The highest BCUT2D eigenvalue weighted by molar-refractivity contribution is 5.78. The summed E-state index contributed by atoms with van der Waals surface area (Å²) in [6.45, 7) is 4.21. The van der Waals surface area contributed by atoms with Crippen molar-refractivity contribution in [3.8, 4) is 0 Å². The van der Waals surface area contributed by atoms with Gasteiger partial charge in [0, 0.05) is 17.3 Å². The molecule has 3 heteroatoms. The van der Waals surface area contributed by atoms with Crippen LogP contribution in [-0.4, -0.2) is 15.2 Å². The van der Waals surface area contributed by atoms with Crippen molar-refractivity contribution in [1.29, 1.82) is 0 Å². The van der Waals surface area contributed by atoms with Crippen molar-refractivity contribution < 1.29 is 0 Å². The zero-order chi connectivity index (χ0) is 9.26. The van der Waals surface area contributed by atoms with Crippen LogP contribution in [-0.2, 0) is 6.42 Å². The van der Waals surface area contributed by atoms with Crippen LogP contribution < -0.4 is 0 Å². The first-order chi connectivity index (χ1) is 6.31. The van der Waals surface area contributed by atoms with Gasteiger partial charge in [0.1, 0.15) is 0 Å². The van der Waals surface area contributed by atoms with Gasteiger partial charge < -0.3 is 0 Å². The van der Waals surface area contributed by atoms with Crippen molar-refractivity contribution in [3.63, 3.8) is 0 Å². The molecule has 2 heterocycles. The van der Waals surface area contributed by atoms with E-state index < -0.39 is 0 Å². The summed E-state index contributed by atoms with van der Waals surface area (Å²) >= 11 is 0. The molecule has 0 aromatic carbocycles. The van der Waals surface area contributed by atoms with Gasteiger partial charge in [0.15, 0.2) is 5.65 Å². The van der Waals surface area contributed by atoms with Crippen molar-refractivity contribution >= 4 is 11.0 Å². The second-order valence-electron chi connectivity index (χ2n) is 3.34. The lowest BCUT2D eigenvalue weighted by molar-refractivity contribution is 0.873. The molecule has 1 N–H and O–H groups in total. The lowest BCUT2D eigenvalue weighted by Gasteiger charge is -1.94. The molecular formula is C10H13N3. The second kappa shape index (κ2) is 3.17. The predicted octanol–water partition coefficient (Wildman–Crippen LogP) is 2.22. The summed E-state index contributed by atoms with van der Waals surface area (Å²) in [6.07, 6.45) is 4.02. The van der Waals surface area contributed by atoms with Gasteiger partial charge in [-0.05, 0) is 25.0 Å². The van der Waals surface area contributed by atoms with E-state index in [2.05, 4.69) is 35.1 Å². The van der Waals surface area contributed by atoms with Crippen LogP contribution in [0.4, 0.5) is 0 Å². The van der Waals surface area contributed by atoms with E-state index in [9.17, 15) is 0 Å².